The van der Waals surface area contributed by atoms with Crippen molar-refractivity contribution in [2.45, 2.75) is 6.92 Å². The van der Waals surface area contributed by atoms with Crippen LogP contribution in [0.2, 0.25) is 0 Å². The molecule has 0 radical (unpaired) electrons. The number of carboxylic acids is 1. The molecule has 4 nitrogen and oxygen atoms in total. The second-order valence-corrected chi connectivity index (χ2v) is 1.84. The predicted molar refractivity (Wildman–Crippen MR) is 34.2 cm³/mol. The van der Waals surface area contributed by atoms with E-state index in [0.29, 0.717) is 6.61 Å². The Balaban J connectivity index is 2.73. The van der Waals surface area contributed by atoms with Gasteiger partial charge in [0, 0.05) is 6.07 Å². The molecule has 1 aromatic rings. The van der Waals surface area contributed by atoms with Crippen molar-refractivity contribution in [1.82, 2.24) is 0 Å². The van der Waals surface area contributed by atoms with Gasteiger partial charge in [0.15, 0.2) is 5.76 Å². The lowest BCUT2D eigenvalue weighted by Crippen LogP contribution is -2.21. The molecule has 0 aliphatic rings. The molecule has 0 aromatic carbocycles. The van der Waals surface area contributed by atoms with Crippen molar-refractivity contribution >= 4 is 5.97 Å². The summed E-state index contributed by atoms with van der Waals surface area (Å²) >= 11 is 0. The third-order valence-corrected chi connectivity index (χ3v) is 1.07. The summed E-state index contributed by atoms with van der Waals surface area (Å²) in [6, 6.07) is 2.73. The molecule has 0 saturated carbocycles. The third kappa shape index (κ3) is 1.73. The number of aromatic carboxylic acids is 1. The maximum Gasteiger partial charge on any atom is 0.284 e. The Bertz CT molecular complexity index is 251. The summed E-state index contributed by atoms with van der Waals surface area (Å²) in [5.74, 6) is -1.35. The Morgan fingerprint density at radius 2 is 2.45 bits per heavy atom. The molecule has 1 aromatic heterocycles. The summed E-state index contributed by atoms with van der Waals surface area (Å²) < 4.78 is 9.58. The van der Waals surface area contributed by atoms with Gasteiger partial charge in [-0.2, -0.15) is 0 Å². The zero-order valence-electron chi connectivity index (χ0n) is 5.99. The van der Waals surface area contributed by atoms with Gasteiger partial charge in [-0.3, -0.25) is 0 Å². The second-order valence-electron chi connectivity index (χ2n) is 1.84. The van der Waals surface area contributed by atoms with E-state index in [-0.39, 0.29) is 11.7 Å². The lowest BCUT2D eigenvalue weighted by atomic mass is 10.5. The molecular formula is C7H7O4-. The zero-order chi connectivity index (χ0) is 8.27. The molecule has 11 heavy (non-hydrogen) atoms. The van der Waals surface area contributed by atoms with E-state index >= 15 is 0 Å². The van der Waals surface area contributed by atoms with Gasteiger partial charge in [-0.25, -0.2) is 0 Å². The minimum atomic E-state index is -1.34. The van der Waals surface area contributed by atoms with Gasteiger partial charge in [0.1, 0.15) is 5.97 Å². The summed E-state index contributed by atoms with van der Waals surface area (Å²) in [5, 5.41) is 10.2. The van der Waals surface area contributed by atoms with Gasteiger partial charge >= 0.3 is 0 Å². The Labute approximate surface area is 63.4 Å². The van der Waals surface area contributed by atoms with Crippen LogP contribution < -0.4 is 9.84 Å². The normalized spacial score (nSPS) is 9.55. The van der Waals surface area contributed by atoms with Gasteiger partial charge in [-0.15, -0.1) is 0 Å². The lowest BCUT2D eigenvalue weighted by Gasteiger charge is -1.96. The molecule has 0 spiro atoms. The highest BCUT2D eigenvalue weighted by Gasteiger charge is 2.01. The van der Waals surface area contributed by atoms with E-state index in [1.807, 2.05) is 0 Å². The number of carbonyl (C=O) groups is 1. The molecule has 0 N–H and O–H groups in total. The quantitative estimate of drug-likeness (QED) is 0.618. The van der Waals surface area contributed by atoms with Crippen LogP contribution in [-0.4, -0.2) is 12.6 Å². The molecule has 0 aliphatic heterocycles. The first kappa shape index (κ1) is 7.65. The van der Waals surface area contributed by atoms with E-state index in [1.165, 1.54) is 12.1 Å². The van der Waals surface area contributed by atoms with Crippen molar-refractivity contribution in [2.75, 3.05) is 6.61 Å². The SMILES string of the molecule is CCOc1ccc(C(=O)[O-])o1. The van der Waals surface area contributed by atoms with E-state index in [0.717, 1.165) is 0 Å². The molecule has 0 fully saturated rings. The van der Waals surface area contributed by atoms with Crippen LogP contribution in [0, 0.1) is 0 Å². The van der Waals surface area contributed by atoms with E-state index in [1.54, 1.807) is 6.92 Å². The summed E-state index contributed by atoms with van der Waals surface area (Å²) in [7, 11) is 0. The molecule has 0 saturated heterocycles. The van der Waals surface area contributed by atoms with Crippen molar-refractivity contribution in [3.8, 4) is 5.95 Å². The standard InChI is InChI=1S/C7H8O4/c1-2-10-6-4-3-5(11-6)7(8)9/h3-4H,2H2,1H3,(H,8,9)/p-1. The minimum Gasteiger partial charge on any atom is -0.542 e. The molecule has 0 aliphatic carbocycles. The van der Waals surface area contributed by atoms with E-state index in [9.17, 15) is 9.90 Å². The molecule has 1 heterocycles. The first-order valence-corrected chi connectivity index (χ1v) is 3.18. The van der Waals surface area contributed by atoms with Gasteiger partial charge < -0.3 is 19.1 Å². The maximum atomic E-state index is 10.2. The van der Waals surface area contributed by atoms with Crippen molar-refractivity contribution in [3.05, 3.63) is 17.9 Å². The van der Waals surface area contributed by atoms with E-state index in [4.69, 9.17) is 9.15 Å². The van der Waals surface area contributed by atoms with Crippen molar-refractivity contribution in [1.29, 1.82) is 0 Å². The molecule has 0 bridgehead atoms. The van der Waals surface area contributed by atoms with Gasteiger partial charge in [-0.1, -0.05) is 0 Å². The second kappa shape index (κ2) is 3.09. The van der Waals surface area contributed by atoms with Crippen LogP contribution in [0.25, 0.3) is 0 Å². The lowest BCUT2D eigenvalue weighted by molar-refractivity contribution is -0.257. The Kier molecular flexibility index (Phi) is 2.15. The molecule has 4 heteroatoms. The van der Waals surface area contributed by atoms with Crippen LogP contribution in [0.4, 0.5) is 0 Å². The van der Waals surface area contributed by atoms with E-state index in [2.05, 4.69) is 0 Å². The number of ether oxygens (including phenoxy) is 1. The first-order valence-electron chi connectivity index (χ1n) is 3.18. The minimum absolute atomic E-state index is 0.201. The highest BCUT2D eigenvalue weighted by molar-refractivity contribution is 5.82. The topological polar surface area (TPSA) is 62.5 Å². The van der Waals surface area contributed by atoms with Crippen molar-refractivity contribution < 1.29 is 19.1 Å². The van der Waals surface area contributed by atoms with Gasteiger partial charge in [0.2, 0.25) is 0 Å². The number of furan rings is 1. The smallest absolute Gasteiger partial charge is 0.284 e. The Morgan fingerprint density at radius 3 is 2.91 bits per heavy atom. The average molecular weight is 155 g/mol. The average Bonchev–Trinajstić information content (AvgIpc) is 2.37. The molecule has 60 valence electrons. The first-order chi connectivity index (χ1) is 5.24. The number of hydrogen-bond donors (Lipinski definition) is 0. The monoisotopic (exact) mass is 155 g/mol. The van der Waals surface area contributed by atoms with Crippen LogP contribution in [0.15, 0.2) is 16.5 Å². The van der Waals surface area contributed by atoms with E-state index < -0.39 is 5.97 Å². The fourth-order valence-corrected chi connectivity index (χ4v) is 0.650. The number of carboxylic acid groups (broad SMARTS) is 1. The number of carbonyl (C=O) groups excluding carboxylic acids is 1. The highest BCUT2D eigenvalue weighted by Crippen LogP contribution is 2.14. The van der Waals surface area contributed by atoms with Crippen LogP contribution in [0.5, 0.6) is 5.95 Å². The molecule has 0 unspecified atom stereocenters. The summed E-state index contributed by atoms with van der Waals surface area (Å²) in [4.78, 5) is 10.2. The Hall–Kier alpha value is -1.45. The number of rotatable bonds is 3. The Morgan fingerprint density at radius 1 is 1.73 bits per heavy atom. The van der Waals surface area contributed by atoms with Gasteiger partial charge in [-0.05, 0) is 13.0 Å². The van der Waals surface area contributed by atoms with Crippen molar-refractivity contribution in [2.24, 2.45) is 0 Å². The van der Waals surface area contributed by atoms with Crippen LogP contribution in [0.1, 0.15) is 17.5 Å². The number of hydrogen-bond acceptors (Lipinski definition) is 4. The fraction of sp³-hybridized carbons (Fsp3) is 0.286. The van der Waals surface area contributed by atoms with Crippen LogP contribution in [-0.2, 0) is 0 Å². The van der Waals surface area contributed by atoms with Gasteiger partial charge in [0.25, 0.3) is 5.95 Å². The fourth-order valence-electron chi connectivity index (χ4n) is 0.650. The van der Waals surface area contributed by atoms with Crippen LogP contribution >= 0.6 is 0 Å². The summed E-state index contributed by atoms with van der Waals surface area (Å²) in [6.45, 7) is 2.22. The van der Waals surface area contributed by atoms with Gasteiger partial charge in [0.05, 0.1) is 6.61 Å². The summed E-state index contributed by atoms with van der Waals surface area (Å²) in [5.41, 5.74) is 0. The molecular weight excluding hydrogens is 148 g/mol. The largest absolute Gasteiger partial charge is 0.542 e. The molecule has 1 rings (SSSR count). The molecule has 0 amide bonds. The maximum absolute atomic E-state index is 10.2. The summed E-state index contributed by atoms with van der Waals surface area (Å²) in [6.07, 6.45) is 0. The van der Waals surface area contributed by atoms with Crippen molar-refractivity contribution in [3.63, 3.8) is 0 Å². The highest BCUT2D eigenvalue weighted by atomic mass is 16.6. The zero-order valence-corrected chi connectivity index (χ0v) is 5.99. The third-order valence-electron chi connectivity index (χ3n) is 1.07. The van der Waals surface area contributed by atoms with Crippen LogP contribution in [0.3, 0.4) is 0 Å². The molecule has 0 atom stereocenters. The predicted octanol–water partition coefficient (Wildman–Crippen LogP) is 0.0418.